The van der Waals surface area contributed by atoms with Gasteiger partial charge in [0.25, 0.3) is 0 Å². The Balaban J connectivity index is 5.44. The van der Waals surface area contributed by atoms with Gasteiger partial charge in [-0.1, -0.05) is 13.8 Å². The van der Waals surface area contributed by atoms with Crippen LogP contribution in [-0.2, 0) is 24.0 Å². The summed E-state index contributed by atoms with van der Waals surface area (Å²) in [6.45, 7) is 3.88. The third-order valence-electron chi connectivity index (χ3n) is 4.90. The van der Waals surface area contributed by atoms with Crippen molar-refractivity contribution in [3.63, 3.8) is 0 Å². The van der Waals surface area contributed by atoms with Crippen LogP contribution in [0, 0.1) is 5.92 Å². The van der Waals surface area contributed by atoms with Gasteiger partial charge in [0.15, 0.2) is 5.96 Å². The maximum atomic E-state index is 13.0. The molecule has 0 bridgehead atoms. The number of carboxylic acid groups (broad SMARTS) is 1. The Bertz CT molecular complexity index is 790. The van der Waals surface area contributed by atoms with E-state index in [1.54, 1.807) is 0 Å². The fourth-order valence-corrected chi connectivity index (χ4v) is 3.57. The number of amides is 4. The minimum Gasteiger partial charge on any atom is -0.480 e. The summed E-state index contributed by atoms with van der Waals surface area (Å²) in [4.78, 5) is 64.8. The number of thioether (sulfide) groups is 1. The standard InChI is InChI=1S/C21H40N8O6S/c1-11(2)9-15(29-17(31)12(22)10-16(23)30)19(33)27-13(6-8-36-3)18(32)28-14(20(34)35)5-4-7-26-21(24)25/h11-15H,4-10,22H2,1-3H3,(H2,23,30)(H,27,33)(H,28,32)(H,29,31)(H,34,35)(H4,24,25,26). The summed E-state index contributed by atoms with van der Waals surface area (Å²) in [6, 6.07) is -4.51. The van der Waals surface area contributed by atoms with Crippen molar-refractivity contribution < 1.29 is 29.1 Å². The van der Waals surface area contributed by atoms with Crippen LogP contribution in [0.1, 0.15) is 46.0 Å². The van der Waals surface area contributed by atoms with Crippen molar-refractivity contribution in [3.8, 4) is 0 Å². The van der Waals surface area contributed by atoms with Crippen molar-refractivity contribution >= 4 is 47.3 Å². The lowest BCUT2D eigenvalue weighted by Gasteiger charge is -2.26. The Morgan fingerprint density at radius 2 is 1.44 bits per heavy atom. The van der Waals surface area contributed by atoms with Crippen LogP contribution in [0.3, 0.4) is 0 Å². The largest absolute Gasteiger partial charge is 0.480 e. The van der Waals surface area contributed by atoms with Gasteiger partial charge in [-0.15, -0.1) is 0 Å². The highest BCUT2D eigenvalue weighted by molar-refractivity contribution is 7.98. The molecule has 0 aromatic carbocycles. The molecule has 0 spiro atoms. The molecule has 0 radical (unpaired) electrons. The molecule has 12 N–H and O–H groups in total. The van der Waals surface area contributed by atoms with Gasteiger partial charge in [0.1, 0.15) is 18.1 Å². The van der Waals surface area contributed by atoms with E-state index in [-0.39, 0.29) is 44.1 Å². The molecule has 0 aliphatic heterocycles. The summed E-state index contributed by atoms with van der Waals surface area (Å²) in [5.74, 6) is -3.66. The number of nitrogens with zero attached hydrogens (tertiary/aromatic N) is 1. The Morgan fingerprint density at radius 3 is 1.94 bits per heavy atom. The Kier molecular flexibility index (Phi) is 15.9. The predicted molar refractivity (Wildman–Crippen MR) is 138 cm³/mol. The van der Waals surface area contributed by atoms with Crippen molar-refractivity contribution in [3.05, 3.63) is 0 Å². The molecule has 206 valence electrons. The fraction of sp³-hybridized carbons (Fsp3) is 0.714. The highest BCUT2D eigenvalue weighted by atomic mass is 32.2. The molecule has 0 aliphatic rings. The Labute approximate surface area is 215 Å². The first-order chi connectivity index (χ1) is 16.8. The fourth-order valence-electron chi connectivity index (χ4n) is 3.10. The van der Waals surface area contributed by atoms with E-state index in [0.29, 0.717) is 12.2 Å². The van der Waals surface area contributed by atoms with Crippen LogP contribution in [0.4, 0.5) is 0 Å². The molecule has 0 saturated heterocycles. The zero-order valence-corrected chi connectivity index (χ0v) is 21.8. The zero-order chi connectivity index (χ0) is 27.8. The number of hydrogen-bond acceptors (Lipinski definition) is 8. The number of nitrogens with one attached hydrogen (secondary N) is 3. The van der Waals surface area contributed by atoms with E-state index in [0.717, 1.165) is 0 Å². The number of guanidine groups is 1. The molecule has 0 aliphatic carbocycles. The van der Waals surface area contributed by atoms with Gasteiger partial charge >= 0.3 is 5.97 Å². The summed E-state index contributed by atoms with van der Waals surface area (Å²) in [5.41, 5.74) is 21.3. The summed E-state index contributed by atoms with van der Waals surface area (Å²) < 4.78 is 0. The number of aliphatic imine (C=N–C) groups is 1. The van der Waals surface area contributed by atoms with E-state index in [2.05, 4.69) is 20.9 Å². The maximum Gasteiger partial charge on any atom is 0.326 e. The molecule has 4 amide bonds. The normalized spacial score (nSPS) is 14.1. The number of carbonyl (C=O) groups excluding carboxylic acids is 4. The van der Waals surface area contributed by atoms with Crippen LogP contribution >= 0.6 is 11.8 Å². The van der Waals surface area contributed by atoms with Gasteiger partial charge in [-0.3, -0.25) is 24.2 Å². The molecule has 14 nitrogen and oxygen atoms in total. The van der Waals surface area contributed by atoms with Crippen LogP contribution in [0.15, 0.2) is 4.99 Å². The van der Waals surface area contributed by atoms with E-state index >= 15 is 0 Å². The minimum atomic E-state index is -1.24. The molecular weight excluding hydrogens is 492 g/mol. The Hall–Kier alpha value is -3.07. The molecule has 0 rings (SSSR count). The van der Waals surface area contributed by atoms with Crippen LogP contribution in [-0.4, -0.2) is 83.4 Å². The second kappa shape index (κ2) is 17.4. The van der Waals surface area contributed by atoms with Gasteiger partial charge in [0, 0.05) is 6.54 Å². The van der Waals surface area contributed by atoms with Gasteiger partial charge in [0.05, 0.1) is 12.5 Å². The van der Waals surface area contributed by atoms with Gasteiger partial charge in [-0.05, 0) is 43.6 Å². The first-order valence-electron chi connectivity index (χ1n) is 11.5. The van der Waals surface area contributed by atoms with Crippen molar-refractivity contribution in [2.45, 2.75) is 70.1 Å². The maximum absolute atomic E-state index is 13.0. The van der Waals surface area contributed by atoms with Gasteiger partial charge in [-0.2, -0.15) is 11.8 Å². The summed E-state index contributed by atoms with van der Waals surface area (Å²) >= 11 is 1.44. The summed E-state index contributed by atoms with van der Waals surface area (Å²) in [5, 5.41) is 17.1. The molecule has 36 heavy (non-hydrogen) atoms. The van der Waals surface area contributed by atoms with Crippen molar-refractivity contribution in [1.82, 2.24) is 16.0 Å². The molecule has 4 unspecified atom stereocenters. The van der Waals surface area contributed by atoms with Crippen LogP contribution in [0.25, 0.3) is 0 Å². The average molecular weight is 533 g/mol. The van der Waals surface area contributed by atoms with E-state index < -0.39 is 53.8 Å². The van der Waals surface area contributed by atoms with Crippen LogP contribution in [0.2, 0.25) is 0 Å². The Morgan fingerprint density at radius 1 is 0.889 bits per heavy atom. The number of carbonyl (C=O) groups is 5. The molecule has 4 atom stereocenters. The third-order valence-corrected chi connectivity index (χ3v) is 5.55. The molecule has 0 aromatic rings. The van der Waals surface area contributed by atoms with E-state index in [1.165, 1.54) is 11.8 Å². The summed E-state index contributed by atoms with van der Waals surface area (Å²) in [7, 11) is 0. The minimum absolute atomic E-state index is 0.00602. The third kappa shape index (κ3) is 14.4. The quantitative estimate of drug-likeness (QED) is 0.0526. The first-order valence-corrected chi connectivity index (χ1v) is 12.9. The van der Waals surface area contributed by atoms with Crippen molar-refractivity contribution in [1.29, 1.82) is 0 Å². The average Bonchev–Trinajstić information content (AvgIpc) is 2.76. The second-order valence-electron chi connectivity index (χ2n) is 8.66. The van der Waals surface area contributed by atoms with Gasteiger partial charge in [-0.25, -0.2) is 4.79 Å². The molecular formula is C21H40N8O6S. The first kappa shape index (κ1) is 32.9. The van der Waals surface area contributed by atoms with Crippen LogP contribution < -0.4 is 38.9 Å². The molecule has 0 saturated carbocycles. The molecule has 0 fully saturated rings. The number of primary amides is 1. The second-order valence-corrected chi connectivity index (χ2v) is 9.64. The smallest absolute Gasteiger partial charge is 0.326 e. The number of aliphatic carboxylic acids is 1. The lowest BCUT2D eigenvalue weighted by atomic mass is 10.0. The summed E-state index contributed by atoms with van der Waals surface area (Å²) in [6.07, 6.45) is 2.28. The van der Waals surface area contributed by atoms with E-state index in [9.17, 15) is 29.1 Å². The lowest BCUT2D eigenvalue weighted by molar-refractivity contribution is -0.142. The van der Waals surface area contributed by atoms with Crippen molar-refractivity contribution in [2.24, 2.45) is 33.8 Å². The predicted octanol–water partition coefficient (Wildman–Crippen LogP) is -2.42. The van der Waals surface area contributed by atoms with E-state index in [1.807, 2.05) is 20.1 Å². The lowest BCUT2D eigenvalue weighted by Crippen LogP contribution is -2.57. The van der Waals surface area contributed by atoms with Gasteiger partial charge in [0.2, 0.25) is 23.6 Å². The monoisotopic (exact) mass is 532 g/mol. The van der Waals surface area contributed by atoms with E-state index in [4.69, 9.17) is 22.9 Å². The zero-order valence-electron chi connectivity index (χ0n) is 21.0. The van der Waals surface area contributed by atoms with Crippen molar-refractivity contribution in [2.75, 3.05) is 18.6 Å². The highest BCUT2D eigenvalue weighted by Crippen LogP contribution is 2.09. The highest BCUT2D eigenvalue weighted by Gasteiger charge is 2.30. The van der Waals surface area contributed by atoms with Gasteiger partial charge < -0.3 is 44.0 Å². The number of carboxylic acids is 1. The topological polar surface area (TPSA) is 258 Å². The molecule has 0 heterocycles. The molecule has 15 heteroatoms. The number of rotatable bonds is 18. The van der Waals surface area contributed by atoms with Crippen LogP contribution in [0.5, 0.6) is 0 Å². The number of nitrogens with two attached hydrogens (primary N) is 4. The molecule has 0 aromatic heterocycles. The SMILES string of the molecule is CSCCC(NC(=O)C(CC(C)C)NC(=O)C(N)CC(N)=O)C(=O)NC(CCCN=C(N)N)C(=O)O. The number of hydrogen-bond donors (Lipinski definition) is 8.